The molecule has 0 aliphatic rings. The zero-order valence-electron chi connectivity index (χ0n) is 12.4. The van der Waals surface area contributed by atoms with Crippen LogP contribution in [0.5, 0.6) is 11.5 Å². The molecule has 0 radical (unpaired) electrons. The first-order valence-electron chi connectivity index (χ1n) is 6.65. The normalized spacial score (nSPS) is 10.5. The predicted octanol–water partition coefficient (Wildman–Crippen LogP) is 1.72. The molecule has 3 N–H and O–H groups in total. The van der Waals surface area contributed by atoms with Crippen LogP contribution < -0.4 is 14.8 Å². The highest BCUT2D eigenvalue weighted by Gasteiger charge is 1.95. The van der Waals surface area contributed by atoms with Gasteiger partial charge >= 0.3 is 10.4 Å². The maximum atomic E-state index is 8.74. The van der Waals surface area contributed by atoms with E-state index in [1.807, 2.05) is 24.3 Å². The van der Waals surface area contributed by atoms with Crippen molar-refractivity contribution in [1.82, 2.24) is 5.32 Å². The number of benzene rings is 1. The van der Waals surface area contributed by atoms with Crippen LogP contribution >= 0.6 is 12.6 Å². The van der Waals surface area contributed by atoms with Gasteiger partial charge in [0.25, 0.3) is 0 Å². The van der Waals surface area contributed by atoms with E-state index in [1.165, 1.54) is 0 Å². The maximum absolute atomic E-state index is 8.74. The van der Waals surface area contributed by atoms with Crippen LogP contribution in [0.3, 0.4) is 0 Å². The summed E-state index contributed by atoms with van der Waals surface area (Å²) < 4.78 is 42.3. The maximum Gasteiger partial charge on any atom is 0.394 e. The van der Waals surface area contributed by atoms with E-state index in [2.05, 4.69) is 17.9 Å². The van der Waals surface area contributed by atoms with Gasteiger partial charge in [-0.1, -0.05) is 0 Å². The van der Waals surface area contributed by atoms with E-state index in [9.17, 15) is 0 Å². The Hall–Kier alpha value is -1.00. The third kappa shape index (κ3) is 15.4. The Morgan fingerprint density at radius 3 is 2.14 bits per heavy atom. The lowest BCUT2D eigenvalue weighted by atomic mass is 10.3. The lowest BCUT2D eigenvalue weighted by Gasteiger charge is -2.07. The smallest absolute Gasteiger partial charge is 0.394 e. The molecule has 7 nitrogen and oxygen atoms in total. The highest BCUT2D eigenvalue weighted by Crippen LogP contribution is 2.17. The standard InChI is InChI=1S/C13H21NO2S.H2O4S/c1-15-12-4-6-13(7-5-12)16-10-3-2-8-14-9-11-17;1-5(2,3)4/h4-7,14,17H,2-3,8-11H2,1H3;(H2,1,2,3,4). The summed E-state index contributed by atoms with van der Waals surface area (Å²) in [5.41, 5.74) is 0. The van der Waals surface area contributed by atoms with Gasteiger partial charge in [-0.3, -0.25) is 9.11 Å². The molecule has 1 aromatic carbocycles. The van der Waals surface area contributed by atoms with Crippen molar-refractivity contribution in [2.24, 2.45) is 0 Å². The van der Waals surface area contributed by atoms with Gasteiger partial charge in [-0.15, -0.1) is 0 Å². The molecule has 0 atom stereocenters. The predicted molar refractivity (Wildman–Crippen MR) is 88.6 cm³/mol. The van der Waals surface area contributed by atoms with E-state index in [1.54, 1.807) is 7.11 Å². The second-order valence-corrected chi connectivity index (χ2v) is 5.50. The van der Waals surface area contributed by atoms with Gasteiger partial charge in [0, 0.05) is 12.3 Å². The molecule has 1 rings (SSSR count). The third-order valence-electron chi connectivity index (χ3n) is 2.36. The van der Waals surface area contributed by atoms with E-state index in [-0.39, 0.29) is 0 Å². The minimum Gasteiger partial charge on any atom is -0.497 e. The first kappa shape index (κ1) is 21.0. The highest BCUT2D eigenvalue weighted by atomic mass is 32.3. The number of unbranched alkanes of at least 4 members (excludes halogenated alkanes) is 1. The molecule has 0 fully saturated rings. The van der Waals surface area contributed by atoms with E-state index < -0.39 is 10.4 Å². The SMILES string of the molecule is COc1ccc(OCCCCNCCS)cc1.O=S(=O)(O)O. The summed E-state index contributed by atoms with van der Waals surface area (Å²) in [5, 5.41) is 3.30. The van der Waals surface area contributed by atoms with Crippen LogP contribution in [0.4, 0.5) is 0 Å². The highest BCUT2D eigenvalue weighted by molar-refractivity contribution is 7.80. The number of thiol groups is 1. The summed E-state index contributed by atoms with van der Waals surface area (Å²) in [7, 11) is -3.01. The van der Waals surface area contributed by atoms with Crippen LogP contribution in [0.1, 0.15) is 12.8 Å². The second-order valence-electron chi connectivity index (χ2n) is 4.15. The van der Waals surface area contributed by atoms with Crippen LogP contribution in [-0.4, -0.2) is 50.1 Å². The van der Waals surface area contributed by atoms with Gasteiger partial charge in [-0.2, -0.15) is 21.0 Å². The molecule has 22 heavy (non-hydrogen) atoms. The summed E-state index contributed by atoms with van der Waals surface area (Å²) in [4.78, 5) is 0. The van der Waals surface area contributed by atoms with Crippen LogP contribution in [0.25, 0.3) is 0 Å². The fourth-order valence-corrected chi connectivity index (χ4v) is 1.58. The number of hydrogen-bond donors (Lipinski definition) is 4. The molecular weight excluding hydrogens is 330 g/mol. The summed E-state index contributed by atoms with van der Waals surface area (Å²) in [6.45, 7) is 2.77. The quantitative estimate of drug-likeness (QED) is 0.304. The van der Waals surface area contributed by atoms with Gasteiger partial charge in [-0.25, -0.2) is 0 Å². The van der Waals surface area contributed by atoms with Crippen LogP contribution in [0.15, 0.2) is 24.3 Å². The van der Waals surface area contributed by atoms with Crippen molar-refractivity contribution < 1.29 is 27.0 Å². The van der Waals surface area contributed by atoms with Gasteiger partial charge in [-0.05, 0) is 43.7 Å². The first-order chi connectivity index (χ1) is 10.4. The number of methoxy groups -OCH3 is 1. The number of ether oxygens (including phenoxy) is 2. The molecule has 9 heteroatoms. The lowest BCUT2D eigenvalue weighted by Crippen LogP contribution is -2.18. The Kier molecular flexibility index (Phi) is 12.0. The molecule has 0 saturated carbocycles. The van der Waals surface area contributed by atoms with Gasteiger partial charge in [0.2, 0.25) is 0 Å². The molecule has 0 heterocycles. The number of hydrogen-bond acceptors (Lipinski definition) is 6. The molecule has 0 bridgehead atoms. The van der Waals surface area contributed by atoms with Crippen molar-refractivity contribution in [3.05, 3.63) is 24.3 Å². The lowest BCUT2D eigenvalue weighted by molar-refractivity contribution is 0.305. The fraction of sp³-hybridized carbons (Fsp3) is 0.538. The molecule has 0 aliphatic heterocycles. The van der Waals surface area contributed by atoms with Crippen molar-refractivity contribution in [2.75, 3.05) is 32.6 Å². The third-order valence-corrected chi connectivity index (χ3v) is 2.59. The molecule has 1 aromatic rings. The molecule has 0 spiro atoms. The number of rotatable bonds is 9. The zero-order chi connectivity index (χ0) is 16.8. The summed E-state index contributed by atoms with van der Waals surface area (Å²) in [6.07, 6.45) is 2.19. The van der Waals surface area contributed by atoms with Crippen molar-refractivity contribution in [3.63, 3.8) is 0 Å². The number of nitrogens with one attached hydrogen (secondary N) is 1. The average Bonchev–Trinajstić information content (AvgIpc) is 2.45. The Bertz CT molecular complexity index is 470. The zero-order valence-corrected chi connectivity index (χ0v) is 14.1. The molecular formula is C13H23NO6S2. The van der Waals surface area contributed by atoms with E-state index >= 15 is 0 Å². The molecule has 0 aromatic heterocycles. The van der Waals surface area contributed by atoms with Crippen molar-refractivity contribution in [2.45, 2.75) is 12.8 Å². The average molecular weight is 353 g/mol. The monoisotopic (exact) mass is 353 g/mol. The summed E-state index contributed by atoms with van der Waals surface area (Å²) in [6, 6.07) is 7.67. The molecule has 0 saturated heterocycles. The minimum absolute atomic E-state index is 0.759. The van der Waals surface area contributed by atoms with Gasteiger partial charge in [0.05, 0.1) is 13.7 Å². The molecule has 0 unspecified atom stereocenters. The fourth-order valence-electron chi connectivity index (χ4n) is 1.42. The molecule has 0 aliphatic carbocycles. The topological polar surface area (TPSA) is 105 Å². The Morgan fingerprint density at radius 2 is 1.64 bits per heavy atom. The van der Waals surface area contributed by atoms with Crippen molar-refractivity contribution >= 4 is 23.0 Å². The van der Waals surface area contributed by atoms with Crippen LogP contribution in [-0.2, 0) is 10.4 Å². The summed E-state index contributed by atoms with van der Waals surface area (Å²) in [5.74, 6) is 2.64. The summed E-state index contributed by atoms with van der Waals surface area (Å²) >= 11 is 4.13. The van der Waals surface area contributed by atoms with E-state index in [4.69, 9.17) is 27.0 Å². The largest absolute Gasteiger partial charge is 0.497 e. The Morgan fingerprint density at radius 1 is 1.09 bits per heavy atom. The van der Waals surface area contributed by atoms with Crippen molar-refractivity contribution in [1.29, 1.82) is 0 Å². The van der Waals surface area contributed by atoms with Gasteiger partial charge < -0.3 is 14.8 Å². The van der Waals surface area contributed by atoms with Crippen LogP contribution in [0.2, 0.25) is 0 Å². The first-order valence-corrected chi connectivity index (χ1v) is 8.68. The molecule has 0 amide bonds. The minimum atomic E-state index is -4.67. The van der Waals surface area contributed by atoms with E-state index in [0.717, 1.165) is 49.8 Å². The van der Waals surface area contributed by atoms with Crippen LogP contribution in [0, 0.1) is 0 Å². The van der Waals surface area contributed by atoms with E-state index in [0.29, 0.717) is 0 Å². The van der Waals surface area contributed by atoms with Crippen molar-refractivity contribution in [3.8, 4) is 11.5 Å². The second kappa shape index (κ2) is 12.5. The Balaban J connectivity index is 0.000000763. The Labute approximate surface area is 137 Å². The molecule has 128 valence electrons. The van der Waals surface area contributed by atoms with Gasteiger partial charge in [0.1, 0.15) is 11.5 Å². The van der Waals surface area contributed by atoms with Gasteiger partial charge in [0.15, 0.2) is 0 Å².